The lowest BCUT2D eigenvalue weighted by Gasteiger charge is -2.27. The third-order valence-electron chi connectivity index (χ3n) is 2.70. The van der Waals surface area contributed by atoms with Gasteiger partial charge in [-0.05, 0) is 37.4 Å². The molecule has 1 aromatic heterocycles. The van der Waals surface area contributed by atoms with Gasteiger partial charge in [-0.1, -0.05) is 12.1 Å². The molecule has 102 valence electrons. The van der Waals surface area contributed by atoms with Crippen molar-refractivity contribution in [3.63, 3.8) is 0 Å². The average molecular weight is 287 g/mol. The van der Waals surface area contributed by atoms with Crippen LogP contribution in [0.5, 0.6) is 0 Å². The van der Waals surface area contributed by atoms with Gasteiger partial charge in [0.05, 0.1) is 5.69 Å². The molecule has 1 N–H and O–H groups in total. The Morgan fingerprint density at radius 1 is 1.45 bits per heavy atom. The van der Waals surface area contributed by atoms with Gasteiger partial charge in [-0.25, -0.2) is 0 Å². The predicted molar refractivity (Wildman–Crippen MR) is 79.6 cm³/mol. The topological polar surface area (TPSA) is 62.3 Å². The number of aromatic nitrogens is 1. The second-order valence-electron chi connectivity index (χ2n) is 4.23. The zero-order valence-corrected chi connectivity index (χ0v) is 11.7. The molecule has 0 spiro atoms. The highest BCUT2D eigenvalue weighted by atomic mass is 32.1. The average Bonchev–Trinajstić information content (AvgIpc) is 2.39. The minimum Gasteiger partial charge on any atom is -0.298 e. The number of pyridine rings is 1. The monoisotopic (exact) mass is 287 g/mol. The lowest BCUT2D eigenvalue weighted by atomic mass is 10.1. The van der Waals surface area contributed by atoms with Gasteiger partial charge in [-0.3, -0.25) is 24.8 Å². The van der Waals surface area contributed by atoms with Crippen molar-refractivity contribution in [2.75, 3.05) is 6.54 Å². The SMILES string of the molecule is C=CCN1C(=O)C(=Cc2cccc(C)n2)C(=O)NC1=S. The van der Waals surface area contributed by atoms with Crippen LogP contribution >= 0.6 is 12.2 Å². The third-order valence-corrected chi connectivity index (χ3v) is 3.02. The van der Waals surface area contributed by atoms with Gasteiger partial charge < -0.3 is 0 Å². The lowest BCUT2D eigenvalue weighted by Crippen LogP contribution is -2.53. The molecule has 1 aliphatic rings. The van der Waals surface area contributed by atoms with Crippen LogP contribution in [0.2, 0.25) is 0 Å². The van der Waals surface area contributed by atoms with Gasteiger partial charge >= 0.3 is 0 Å². The number of hydrogen-bond acceptors (Lipinski definition) is 4. The van der Waals surface area contributed by atoms with E-state index in [1.807, 2.05) is 19.1 Å². The highest BCUT2D eigenvalue weighted by molar-refractivity contribution is 7.80. The molecule has 20 heavy (non-hydrogen) atoms. The molecule has 2 heterocycles. The predicted octanol–water partition coefficient (Wildman–Crippen LogP) is 1.20. The number of rotatable bonds is 3. The van der Waals surface area contributed by atoms with Crippen molar-refractivity contribution in [3.8, 4) is 0 Å². The maximum atomic E-state index is 12.3. The Morgan fingerprint density at radius 3 is 2.85 bits per heavy atom. The largest absolute Gasteiger partial charge is 0.298 e. The first-order chi connectivity index (χ1) is 9.52. The molecule has 5 nitrogen and oxygen atoms in total. The van der Waals surface area contributed by atoms with Crippen LogP contribution in [0.3, 0.4) is 0 Å². The minimum absolute atomic E-state index is 0.0125. The van der Waals surface area contributed by atoms with Crippen molar-refractivity contribution in [2.24, 2.45) is 0 Å². The van der Waals surface area contributed by atoms with Crippen molar-refractivity contribution in [3.05, 3.63) is 47.8 Å². The van der Waals surface area contributed by atoms with Gasteiger partial charge in [0.1, 0.15) is 5.57 Å². The molecule has 6 heteroatoms. The van der Waals surface area contributed by atoms with Crippen LogP contribution in [-0.4, -0.2) is 33.4 Å². The van der Waals surface area contributed by atoms with E-state index in [0.29, 0.717) is 5.69 Å². The number of carbonyl (C=O) groups excluding carboxylic acids is 2. The summed E-state index contributed by atoms with van der Waals surface area (Å²) in [5, 5.41) is 2.58. The quantitative estimate of drug-likeness (QED) is 0.393. The van der Waals surface area contributed by atoms with Crippen LogP contribution in [-0.2, 0) is 9.59 Å². The first-order valence-corrected chi connectivity index (χ1v) is 6.37. The first kappa shape index (κ1) is 14.1. The van der Waals surface area contributed by atoms with Crippen molar-refractivity contribution in [1.82, 2.24) is 15.2 Å². The summed E-state index contributed by atoms with van der Waals surface area (Å²) in [4.78, 5) is 29.7. The number of carbonyl (C=O) groups is 2. The van der Waals surface area contributed by atoms with E-state index in [2.05, 4.69) is 16.9 Å². The number of nitrogens with one attached hydrogen (secondary N) is 1. The third kappa shape index (κ3) is 2.80. The molecule has 0 aromatic carbocycles. The van der Waals surface area contributed by atoms with E-state index < -0.39 is 11.8 Å². The summed E-state index contributed by atoms with van der Waals surface area (Å²) >= 11 is 4.97. The van der Waals surface area contributed by atoms with E-state index in [9.17, 15) is 9.59 Å². The Hall–Kier alpha value is -2.34. The molecule has 0 saturated carbocycles. The molecule has 0 aliphatic carbocycles. The summed E-state index contributed by atoms with van der Waals surface area (Å²) in [5.41, 5.74) is 1.37. The summed E-state index contributed by atoms with van der Waals surface area (Å²) in [7, 11) is 0. The van der Waals surface area contributed by atoms with Gasteiger partial charge in [-0.2, -0.15) is 0 Å². The number of hydrogen-bond donors (Lipinski definition) is 1. The highest BCUT2D eigenvalue weighted by Gasteiger charge is 2.32. The van der Waals surface area contributed by atoms with E-state index in [-0.39, 0.29) is 17.2 Å². The Labute approximate surface area is 122 Å². The molecule has 2 amide bonds. The molecule has 0 unspecified atom stereocenters. The summed E-state index contributed by atoms with van der Waals surface area (Å²) in [6.07, 6.45) is 3.01. The molecule has 0 bridgehead atoms. The summed E-state index contributed by atoms with van der Waals surface area (Å²) in [5.74, 6) is -0.953. The number of aryl methyl sites for hydroxylation is 1. The number of nitrogens with zero attached hydrogens (tertiary/aromatic N) is 2. The molecule has 0 radical (unpaired) electrons. The molecule has 2 rings (SSSR count). The Kier molecular flexibility index (Phi) is 4.05. The fourth-order valence-corrected chi connectivity index (χ4v) is 2.03. The summed E-state index contributed by atoms with van der Waals surface area (Å²) < 4.78 is 0. The highest BCUT2D eigenvalue weighted by Crippen LogP contribution is 2.13. The number of thiocarbonyl (C=S) groups is 1. The van der Waals surface area contributed by atoms with Crippen molar-refractivity contribution < 1.29 is 9.59 Å². The van der Waals surface area contributed by atoms with Gasteiger partial charge in [0.25, 0.3) is 11.8 Å². The summed E-state index contributed by atoms with van der Waals surface area (Å²) in [6, 6.07) is 5.38. The summed E-state index contributed by atoms with van der Waals surface area (Å²) in [6.45, 7) is 5.65. The molecule has 1 fully saturated rings. The van der Waals surface area contributed by atoms with Crippen molar-refractivity contribution in [2.45, 2.75) is 6.92 Å². The molecular formula is C14H13N3O2S. The molecular weight excluding hydrogens is 274 g/mol. The van der Waals surface area contributed by atoms with Crippen LogP contribution in [0, 0.1) is 6.92 Å². The maximum Gasteiger partial charge on any atom is 0.266 e. The number of amides is 2. The second-order valence-corrected chi connectivity index (χ2v) is 4.61. The van der Waals surface area contributed by atoms with E-state index in [1.54, 1.807) is 12.1 Å². The first-order valence-electron chi connectivity index (χ1n) is 5.96. The van der Waals surface area contributed by atoms with Crippen LogP contribution < -0.4 is 5.32 Å². The van der Waals surface area contributed by atoms with E-state index in [0.717, 1.165) is 5.69 Å². The fraction of sp³-hybridized carbons (Fsp3) is 0.143. The molecule has 1 aromatic rings. The van der Waals surface area contributed by atoms with Crippen LogP contribution in [0.1, 0.15) is 11.4 Å². The standard InChI is InChI=1S/C14H13N3O2S/c1-3-7-17-13(19)11(12(18)16-14(17)20)8-10-6-4-5-9(2)15-10/h3-6,8H,1,7H2,2H3,(H,16,18,20). The van der Waals surface area contributed by atoms with E-state index in [1.165, 1.54) is 11.0 Å². The Bertz CT molecular complexity index is 637. The van der Waals surface area contributed by atoms with Crippen LogP contribution in [0.15, 0.2) is 36.4 Å². The second kappa shape index (κ2) is 5.75. The van der Waals surface area contributed by atoms with Gasteiger partial charge in [0.15, 0.2) is 5.11 Å². The zero-order valence-electron chi connectivity index (χ0n) is 10.9. The normalized spacial score (nSPS) is 17.4. The van der Waals surface area contributed by atoms with Crippen LogP contribution in [0.4, 0.5) is 0 Å². The Balaban J connectivity index is 2.38. The fourth-order valence-electron chi connectivity index (χ4n) is 1.78. The maximum absolute atomic E-state index is 12.3. The Morgan fingerprint density at radius 2 is 2.20 bits per heavy atom. The molecule has 0 atom stereocenters. The zero-order chi connectivity index (χ0) is 14.7. The smallest absolute Gasteiger partial charge is 0.266 e. The van der Waals surface area contributed by atoms with Gasteiger partial charge in [0, 0.05) is 12.2 Å². The van der Waals surface area contributed by atoms with Crippen molar-refractivity contribution in [1.29, 1.82) is 0 Å². The lowest BCUT2D eigenvalue weighted by molar-refractivity contribution is -0.128. The van der Waals surface area contributed by atoms with Crippen LogP contribution in [0.25, 0.3) is 6.08 Å². The molecule has 1 aliphatic heterocycles. The van der Waals surface area contributed by atoms with Gasteiger partial charge in [-0.15, -0.1) is 6.58 Å². The van der Waals surface area contributed by atoms with E-state index in [4.69, 9.17) is 12.2 Å². The van der Waals surface area contributed by atoms with Crippen molar-refractivity contribution >= 4 is 35.2 Å². The molecule has 1 saturated heterocycles. The van der Waals surface area contributed by atoms with E-state index >= 15 is 0 Å². The minimum atomic E-state index is -0.511. The van der Waals surface area contributed by atoms with Gasteiger partial charge in [0.2, 0.25) is 0 Å².